The second-order valence-corrected chi connectivity index (χ2v) is 8.42. The quantitative estimate of drug-likeness (QED) is 0.600. The van der Waals surface area contributed by atoms with E-state index in [2.05, 4.69) is 72.6 Å². The van der Waals surface area contributed by atoms with Crippen LogP contribution in [0, 0.1) is 5.92 Å². The van der Waals surface area contributed by atoms with Crippen molar-refractivity contribution in [3.63, 3.8) is 0 Å². The fourth-order valence-electron chi connectivity index (χ4n) is 4.37. The molecule has 0 aliphatic carbocycles. The van der Waals surface area contributed by atoms with Crippen LogP contribution in [-0.4, -0.2) is 23.9 Å². The van der Waals surface area contributed by atoms with Gasteiger partial charge in [-0.15, -0.1) is 0 Å². The van der Waals surface area contributed by atoms with Gasteiger partial charge in [0.2, 0.25) is 5.91 Å². The summed E-state index contributed by atoms with van der Waals surface area (Å²) < 4.78 is 0. The topological polar surface area (TPSA) is 32.3 Å². The Hall–Kier alpha value is -2.65. The maximum absolute atomic E-state index is 12.9. The molecule has 3 nitrogen and oxygen atoms in total. The summed E-state index contributed by atoms with van der Waals surface area (Å²) >= 11 is 0. The number of piperidine rings is 1. The van der Waals surface area contributed by atoms with E-state index in [-0.39, 0.29) is 11.8 Å². The average molecular weight is 387 g/mol. The molecule has 0 atom stereocenters. The van der Waals surface area contributed by atoms with Crippen LogP contribution in [0.25, 0.3) is 10.8 Å². The highest BCUT2D eigenvalue weighted by Crippen LogP contribution is 2.27. The van der Waals surface area contributed by atoms with E-state index in [1.807, 2.05) is 18.2 Å². The van der Waals surface area contributed by atoms with Crippen LogP contribution in [0.4, 0.5) is 5.69 Å². The minimum atomic E-state index is 0.0963. The molecule has 1 fully saturated rings. The molecule has 1 heterocycles. The number of fused-ring (bicyclic) bond motifs is 1. The summed E-state index contributed by atoms with van der Waals surface area (Å²) in [6.07, 6.45) is 1.83. The van der Waals surface area contributed by atoms with Gasteiger partial charge in [-0.1, -0.05) is 74.5 Å². The lowest BCUT2D eigenvalue weighted by Gasteiger charge is -2.31. The summed E-state index contributed by atoms with van der Waals surface area (Å²) in [6, 6.07) is 23.3. The van der Waals surface area contributed by atoms with Gasteiger partial charge in [-0.2, -0.15) is 0 Å². The van der Waals surface area contributed by atoms with Gasteiger partial charge in [0.25, 0.3) is 0 Å². The zero-order chi connectivity index (χ0) is 20.2. The van der Waals surface area contributed by atoms with Crippen molar-refractivity contribution in [3.8, 4) is 0 Å². The first-order valence-corrected chi connectivity index (χ1v) is 10.7. The number of benzene rings is 3. The highest BCUT2D eigenvalue weighted by atomic mass is 16.1. The maximum Gasteiger partial charge on any atom is 0.227 e. The van der Waals surface area contributed by atoms with Gasteiger partial charge in [-0.25, -0.2) is 0 Å². The van der Waals surface area contributed by atoms with Gasteiger partial charge < -0.3 is 5.32 Å². The standard InChI is InChI=1S/C26H30N2O/c1-19(2)23-11-5-6-13-25(23)27-26(29)21-14-16-28(17-15-21)18-22-10-7-9-20-8-3-4-12-24(20)22/h3-13,19,21H,14-18H2,1-2H3,(H,27,29). The highest BCUT2D eigenvalue weighted by molar-refractivity contribution is 5.93. The van der Waals surface area contributed by atoms with Gasteiger partial charge in [0, 0.05) is 18.2 Å². The minimum absolute atomic E-state index is 0.0963. The molecule has 1 aliphatic heterocycles. The predicted molar refractivity (Wildman–Crippen MR) is 121 cm³/mol. The number of anilines is 1. The number of carbonyl (C=O) groups excluding carboxylic acids is 1. The predicted octanol–water partition coefficient (Wildman–Crippen LogP) is 5.81. The lowest BCUT2D eigenvalue weighted by atomic mass is 9.94. The highest BCUT2D eigenvalue weighted by Gasteiger charge is 2.25. The molecule has 0 spiro atoms. The average Bonchev–Trinajstić information content (AvgIpc) is 2.75. The Kier molecular flexibility index (Phi) is 5.96. The molecule has 0 saturated carbocycles. The van der Waals surface area contributed by atoms with Crippen LogP contribution in [0.5, 0.6) is 0 Å². The van der Waals surface area contributed by atoms with Crippen molar-refractivity contribution >= 4 is 22.4 Å². The van der Waals surface area contributed by atoms with E-state index < -0.39 is 0 Å². The van der Waals surface area contributed by atoms with Crippen molar-refractivity contribution in [2.45, 2.75) is 39.2 Å². The monoisotopic (exact) mass is 386 g/mol. The number of para-hydroxylation sites is 1. The third kappa shape index (κ3) is 4.51. The second-order valence-electron chi connectivity index (χ2n) is 8.42. The molecule has 3 aromatic rings. The van der Waals surface area contributed by atoms with Crippen molar-refractivity contribution in [1.29, 1.82) is 0 Å². The lowest BCUT2D eigenvalue weighted by Crippen LogP contribution is -2.37. The molecule has 29 heavy (non-hydrogen) atoms. The van der Waals surface area contributed by atoms with Crippen molar-refractivity contribution < 1.29 is 4.79 Å². The smallest absolute Gasteiger partial charge is 0.227 e. The third-order valence-corrected chi connectivity index (χ3v) is 6.07. The van der Waals surface area contributed by atoms with Gasteiger partial charge in [0.1, 0.15) is 0 Å². The number of carbonyl (C=O) groups is 1. The van der Waals surface area contributed by atoms with Gasteiger partial charge >= 0.3 is 0 Å². The van der Waals surface area contributed by atoms with Gasteiger partial charge in [0.15, 0.2) is 0 Å². The Morgan fingerprint density at radius 3 is 2.45 bits per heavy atom. The van der Waals surface area contributed by atoms with Gasteiger partial charge in [0.05, 0.1) is 0 Å². The SMILES string of the molecule is CC(C)c1ccccc1NC(=O)C1CCN(Cc2cccc3ccccc23)CC1. The van der Waals surface area contributed by atoms with E-state index in [0.29, 0.717) is 5.92 Å². The summed E-state index contributed by atoms with van der Waals surface area (Å²) in [6.45, 7) is 7.21. The molecule has 0 radical (unpaired) electrons. The summed E-state index contributed by atoms with van der Waals surface area (Å²) in [4.78, 5) is 15.3. The summed E-state index contributed by atoms with van der Waals surface area (Å²) in [5.41, 5.74) is 3.54. The van der Waals surface area contributed by atoms with Crippen LogP contribution < -0.4 is 5.32 Å². The summed E-state index contributed by atoms with van der Waals surface area (Å²) in [7, 11) is 0. The van der Waals surface area contributed by atoms with Crippen LogP contribution >= 0.6 is 0 Å². The van der Waals surface area contributed by atoms with Crippen LogP contribution in [0.3, 0.4) is 0 Å². The first-order chi connectivity index (χ1) is 14.1. The molecular formula is C26H30N2O. The van der Waals surface area contributed by atoms with Gasteiger partial charge in [-0.05, 0) is 59.8 Å². The number of amides is 1. The molecule has 1 saturated heterocycles. The largest absolute Gasteiger partial charge is 0.326 e. The second kappa shape index (κ2) is 8.79. The molecule has 1 amide bonds. The molecular weight excluding hydrogens is 356 g/mol. The summed E-state index contributed by atoms with van der Waals surface area (Å²) in [5.74, 6) is 0.663. The van der Waals surface area contributed by atoms with Crippen molar-refractivity contribution in [1.82, 2.24) is 4.90 Å². The Morgan fingerprint density at radius 1 is 0.966 bits per heavy atom. The number of hydrogen-bond donors (Lipinski definition) is 1. The van der Waals surface area contributed by atoms with Crippen LogP contribution in [-0.2, 0) is 11.3 Å². The normalized spacial score (nSPS) is 15.7. The fourth-order valence-corrected chi connectivity index (χ4v) is 4.37. The molecule has 3 heteroatoms. The number of nitrogens with zero attached hydrogens (tertiary/aromatic N) is 1. The van der Waals surface area contributed by atoms with Gasteiger partial charge in [-0.3, -0.25) is 9.69 Å². The lowest BCUT2D eigenvalue weighted by molar-refractivity contribution is -0.121. The van der Waals surface area contributed by atoms with E-state index in [1.54, 1.807) is 0 Å². The van der Waals surface area contributed by atoms with E-state index >= 15 is 0 Å². The molecule has 1 N–H and O–H groups in total. The molecule has 3 aromatic carbocycles. The zero-order valence-corrected chi connectivity index (χ0v) is 17.4. The molecule has 0 bridgehead atoms. The van der Waals surface area contributed by atoms with Crippen molar-refractivity contribution in [2.24, 2.45) is 5.92 Å². The number of rotatable bonds is 5. The molecule has 0 unspecified atom stereocenters. The first kappa shape index (κ1) is 19.7. The van der Waals surface area contributed by atoms with E-state index in [0.717, 1.165) is 38.2 Å². The number of nitrogens with one attached hydrogen (secondary N) is 1. The van der Waals surface area contributed by atoms with E-state index in [4.69, 9.17) is 0 Å². The zero-order valence-electron chi connectivity index (χ0n) is 17.4. The van der Waals surface area contributed by atoms with Crippen LogP contribution in [0.15, 0.2) is 66.7 Å². The van der Waals surface area contributed by atoms with Crippen molar-refractivity contribution in [2.75, 3.05) is 18.4 Å². The Balaban J connectivity index is 1.36. The maximum atomic E-state index is 12.9. The van der Waals surface area contributed by atoms with Crippen molar-refractivity contribution in [3.05, 3.63) is 77.9 Å². The minimum Gasteiger partial charge on any atom is -0.326 e. The third-order valence-electron chi connectivity index (χ3n) is 6.07. The Labute approximate surface area is 173 Å². The van der Waals surface area contributed by atoms with Crippen LogP contribution in [0.2, 0.25) is 0 Å². The molecule has 0 aromatic heterocycles. The summed E-state index contributed by atoms with van der Waals surface area (Å²) in [5, 5.41) is 5.82. The molecule has 1 aliphatic rings. The van der Waals surface area contributed by atoms with E-state index in [9.17, 15) is 4.79 Å². The first-order valence-electron chi connectivity index (χ1n) is 10.7. The molecule has 4 rings (SSSR count). The Bertz CT molecular complexity index is 981. The van der Waals surface area contributed by atoms with E-state index in [1.165, 1.54) is 21.9 Å². The number of hydrogen-bond acceptors (Lipinski definition) is 2. The Morgan fingerprint density at radius 2 is 1.66 bits per heavy atom. The number of likely N-dealkylation sites (tertiary alicyclic amines) is 1. The van der Waals surface area contributed by atoms with Crippen LogP contribution in [0.1, 0.15) is 43.7 Å². The molecule has 150 valence electrons. The fraction of sp³-hybridized carbons (Fsp3) is 0.346.